The first-order valence-electron chi connectivity index (χ1n) is 10.8. The first-order chi connectivity index (χ1) is 14.8. The summed E-state index contributed by atoms with van der Waals surface area (Å²) in [6.07, 6.45) is 3.99. The van der Waals surface area contributed by atoms with Crippen LogP contribution in [0.25, 0.3) is 10.2 Å². The molecule has 0 N–H and O–H groups in total. The molecule has 0 radical (unpaired) electrons. The largest absolute Gasteiger partial charge is 0.378 e. The van der Waals surface area contributed by atoms with Gasteiger partial charge in [0.05, 0.1) is 18.1 Å². The highest BCUT2D eigenvalue weighted by Crippen LogP contribution is 2.40. The van der Waals surface area contributed by atoms with Crippen LogP contribution in [0.1, 0.15) is 33.1 Å². The van der Waals surface area contributed by atoms with E-state index in [9.17, 15) is 4.79 Å². The molecule has 30 heavy (non-hydrogen) atoms. The van der Waals surface area contributed by atoms with Gasteiger partial charge < -0.3 is 14.5 Å². The number of carbonyl (C=O) groups excluding carboxylic acids is 1. The molecule has 1 amide bonds. The number of aromatic nitrogens is 1. The number of hydrogen-bond acceptors (Lipinski definition) is 5. The maximum absolute atomic E-state index is 13.4. The Labute approximate surface area is 181 Å². The minimum atomic E-state index is 0.152. The Bertz CT molecular complexity index is 1010. The van der Waals surface area contributed by atoms with Crippen LogP contribution >= 0.6 is 11.3 Å². The van der Waals surface area contributed by atoms with E-state index in [0.29, 0.717) is 32.2 Å². The molecule has 0 aliphatic carbocycles. The zero-order valence-electron chi connectivity index (χ0n) is 17.1. The van der Waals surface area contributed by atoms with Crippen molar-refractivity contribution in [3.63, 3.8) is 0 Å². The van der Waals surface area contributed by atoms with Crippen LogP contribution < -0.4 is 0 Å². The Hall–Kier alpha value is -2.28. The number of amides is 1. The summed E-state index contributed by atoms with van der Waals surface area (Å²) in [5.41, 5.74) is 2.61. The van der Waals surface area contributed by atoms with Gasteiger partial charge in [-0.2, -0.15) is 0 Å². The summed E-state index contributed by atoms with van der Waals surface area (Å²) in [7, 11) is 0. The molecule has 0 spiro atoms. The number of thiophene rings is 1. The lowest BCUT2D eigenvalue weighted by Gasteiger charge is -2.27. The minimum Gasteiger partial charge on any atom is -0.378 e. The lowest BCUT2D eigenvalue weighted by molar-refractivity contribution is 0.0305. The fraction of sp³-hybridized carbons (Fsp3) is 0.417. The Morgan fingerprint density at radius 3 is 2.77 bits per heavy atom. The van der Waals surface area contributed by atoms with Crippen molar-refractivity contribution in [3.8, 4) is 0 Å². The minimum absolute atomic E-state index is 0.152. The SMILES string of the molecule is O=C(c1sc2ncccc2c1C1CCN(CCc2ccccc2)C1)N1CCOCC1. The molecule has 1 unspecified atom stereocenters. The second-order valence-electron chi connectivity index (χ2n) is 8.13. The number of nitrogens with zero attached hydrogens (tertiary/aromatic N) is 3. The van der Waals surface area contributed by atoms with E-state index in [1.165, 1.54) is 11.1 Å². The number of morpholine rings is 1. The second-order valence-corrected chi connectivity index (χ2v) is 9.13. The lowest BCUT2D eigenvalue weighted by Crippen LogP contribution is -2.40. The van der Waals surface area contributed by atoms with Gasteiger partial charge in [-0.1, -0.05) is 36.4 Å². The molecule has 0 bridgehead atoms. The predicted molar refractivity (Wildman–Crippen MR) is 120 cm³/mol. The van der Waals surface area contributed by atoms with Crippen LogP contribution in [0, 0.1) is 0 Å². The number of hydrogen-bond donors (Lipinski definition) is 0. The monoisotopic (exact) mass is 421 g/mol. The van der Waals surface area contributed by atoms with E-state index in [2.05, 4.69) is 46.3 Å². The van der Waals surface area contributed by atoms with Crippen molar-refractivity contribution in [1.29, 1.82) is 0 Å². The molecule has 3 aromatic rings. The van der Waals surface area contributed by atoms with E-state index in [-0.39, 0.29) is 5.91 Å². The summed E-state index contributed by atoms with van der Waals surface area (Å²) >= 11 is 1.56. The molecule has 2 saturated heterocycles. The summed E-state index contributed by atoms with van der Waals surface area (Å²) in [5.74, 6) is 0.540. The topological polar surface area (TPSA) is 45.7 Å². The fourth-order valence-electron chi connectivity index (χ4n) is 4.63. The summed E-state index contributed by atoms with van der Waals surface area (Å²) in [6.45, 7) is 5.76. The Morgan fingerprint density at radius 1 is 1.10 bits per heavy atom. The van der Waals surface area contributed by atoms with Crippen LogP contribution in [-0.2, 0) is 11.2 Å². The van der Waals surface area contributed by atoms with E-state index in [0.717, 1.165) is 47.6 Å². The highest BCUT2D eigenvalue weighted by atomic mass is 32.1. The molecule has 2 aliphatic heterocycles. The number of rotatable bonds is 5. The zero-order chi connectivity index (χ0) is 20.3. The number of pyridine rings is 1. The van der Waals surface area contributed by atoms with Gasteiger partial charge in [-0.05, 0) is 36.6 Å². The van der Waals surface area contributed by atoms with Crippen LogP contribution in [0.4, 0.5) is 0 Å². The van der Waals surface area contributed by atoms with Crippen LogP contribution in [0.5, 0.6) is 0 Å². The third kappa shape index (κ3) is 4.00. The average molecular weight is 422 g/mol. The Balaban J connectivity index is 1.37. The molecule has 1 aromatic carbocycles. The molecule has 6 heteroatoms. The highest BCUT2D eigenvalue weighted by molar-refractivity contribution is 7.20. The van der Waals surface area contributed by atoms with Crippen molar-refractivity contribution < 1.29 is 9.53 Å². The van der Waals surface area contributed by atoms with Gasteiger partial charge >= 0.3 is 0 Å². The molecular formula is C24H27N3O2S. The fourth-order valence-corrected chi connectivity index (χ4v) is 5.83. The summed E-state index contributed by atoms with van der Waals surface area (Å²) in [6, 6.07) is 14.8. The van der Waals surface area contributed by atoms with Crippen molar-refractivity contribution in [3.05, 3.63) is 64.7 Å². The van der Waals surface area contributed by atoms with Gasteiger partial charge in [-0.3, -0.25) is 4.79 Å². The number of benzene rings is 1. The molecule has 0 saturated carbocycles. The van der Waals surface area contributed by atoms with Crippen molar-refractivity contribution in [2.45, 2.75) is 18.8 Å². The number of ether oxygens (including phenoxy) is 1. The Kier molecular flexibility index (Phi) is 5.79. The van der Waals surface area contributed by atoms with Crippen LogP contribution in [-0.4, -0.2) is 66.6 Å². The molecule has 2 aromatic heterocycles. The molecule has 5 nitrogen and oxygen atoms in total. The molecular weight excluding hydrogens is 394 g/mol. The third-order valence-electron chi connectivity index (χ3n) is 6.24. The maximum Gasteiger partial charge on any atom is 0.264 e. The van der Waals surface area contributed by atoms with Crippen LogP contribution in [0.2, 0.25) is 0 Å². The summed E-state index contributed by atoms with van der Waals surface area (Å²) in [4.78, 5) is 24.3. The highest BCUT2D eigenvalue weighted by Gasteiger charge is 2.32. The predicted octanol–water partition coefficient (Wildman–Crippen LogP) is 3.80. The number of carbonyl (C=O) groups is 1. The van der Waals surface area contributed by atoms with E-state index in [1.54, 1.807) is 11.3 Å². The average Bonchev–Trinajstić information content (AvgIpc) is 3.43. The molecule has 2 aliphatic rings. The third-order valence-corrected chi connectivity index (χ3v) is 7.35. The molecule has 4 heterocycles. The van der Waals surface area contributed by atoms with E-state index in [4.69, 9.17) is 4.74 Å². The lowest BCUT2D eigenvalue weighted by atomic mass is 9.95. The van der Waals surface area contributed by atoms with Crippen molar-refractivity contribution in [2.75, 3.05) is 45.9 Å². The molecule has 5 rings (SSSR count). The van der Waals surface area contributed by atoms with Crippen molar-refractivity contribution in [2.24, 2.45) is 0 Å². The van der Waals surface area contributed by atoms with E-state index in [1.807, 2.05) is 17.2 Å². The smallest absolute Gasteiger partial charge is 0.264 e. The van der Waals surface area contributed by atoms with Crippen molar-refractivity contribution >= 4 is 27.5 Å². The van der Waals surface area contributed by atoms with Crippen LogP contribution in [0.15, 0.2) is 48.7 Å². The zero-order valence-corrected chi connectivity index (χ0v) is 17.9. The van der Waals surface area contributed by atoms with Gasteiger partial charge in [0.15, 0.2) is 0 Å². The van der Waals surface area contributed by atoms with Crippen molar-refractivity contribution in [1.82, 2.24) is 14.8 Å². The van der Waals surface area contributed by atoms with Gasteiger partial charge in [0.25, 0.3) is 5.91 Å². The summed E-state index contributed by atoms with van der Waals surface area (Å²) in [5, 5.41) is 1.16. The molecule has 1 atom stereocenters. The maximum atomic E-state index is 13.4. The van der Waals surface area contributed by atoms with Gasteiger partial charge in [-0.25, -0.2) is 4.98 Å². The second kappa shape index (κ2) is 8.84. The van der Waals surface area contributed by atoms with Gasteiger partial charge in [0, 0.05) is 43.7 Å². The normalized spacial score (nSPS) is 20.1. The Morgan fingerprint density at radius 2 is 1.93 bits per heavy atom. The molecule has 2 fully saturated rings. The van der Waals surface area contributed by atoms with Gasteiger partial charge in [-0.15, -0.1) is 11.3 Å². The van der Waals surface area contributed by atoms with Crippen LogP contribution in [0.3, 0.4) is 0 Å². The number of likely N-dealkylation sites (tertiary alicyclic amines) is 1. The van der Waals surface area contributed by atoms with E-state index >= 15 is 0 Å². The molecule has 156 valence electrons. The van der Waals surface area contributed by atoms with Gasteiger partial charge in [0.1, 0.15) is 4.83 Å². The van der Waals surface area contributed by atoms with E-state index < -0.39 is 0 Å². The first-order valence-corrected chi connectivity index (χ1v) is 11.6. The summed E-state index contributed by atoms with van der Waals surface area (Å²) < 4.78 is 5.44. The first kappa shape index (κ1) is 19.7. The number of fused-ring (bicyclic) bond motifs is 1. The van der Waals surface area contributed by atoms with Gasteiger partial charge in [0.2, 0.25) is 0 Å². The standard InChI is InChI=1S/C24H27N3O2S/c28-24(27-13-15-29-16-14-27)22-21(20-7-4-10-25-23(20)30-22)19-9-12-26(17-19)11-8-18-5-2-1-3-6-18/h1-7,10,19H,8-9,11-17H2. The quantitative estimate of drug-likeness (QED) is 0.629.